The average molecular weight is 334 g/mol. The van der Waals surface area contributed by atoms with Crippen molar-refractivity contribution in [3.63, 3.8) is 0 Å². The fourth-order valence-electron chi connectivity index (χ4n) is 3.15. The van der Waals surface area contributed by atoms with Crippen molar-refractivity contribution >= 4 is 17.3 Å². The Morgan fingerprint density at radius 3 is 2.80 bits per heavy atom. The Labute approximate surface area is 144 Å². The highest BCUT2D eigenvalue weighted by atomic mass is 16.1. The van der Waals surface area contributed by atoms with E-state index in [1.807, 2.05) is 31.2 Å². The molecule has 0 saturated carbocycles. The molecule has 25 heavy (non-hydrogen) atoms. The molecule has 0 saturated heterocycles. The summed E-state index contributed by atoms with van der Waals surface area (Å²) in [5.41, 5.74) is 4.60. The predicted molar refractivity (Wildman–Crippen MR) is 92.6 cm³/mol. The number of carbonyl (C=O) groups is 2. The van der Waals surface area contributed by atoms with Crippen molar-refractivity contribution in [1.29, 1.82) is 0 Å². The summed E-state index contributed by atoms with van der Waals surface area (Å²) >= 11 is 0. The number of aryl methyl sites for hydroxylation is 2. The first kappa shape index (κ1) is 15.5. The second-order valence-corrected chi connectivity index (χ2v) is 6.36. The van der Waals surface area contributed by atoms with Crippen LogP contribution in [0.4, 0.5) is 0 Å². The van der Waals surface area contributed by atoms with Gasteiger partial charge >= 0.3 is 0 Å². The number of fused-ring (bicyclic) bond motifs is 3. The molecule has 6 nitrogen and oxygen atoms in total. The van der Waals surface area contributed by atoms with E-state index >= 15 is 0 Å². The molecule has 1 aliphatic rings. The predicted octanol–water partition coefficient (Wildman–Crippen LogP) is 2.49. The molecule has 0 fully saturated rings. The molecule has 0 aliphatic heterocycles. The minimum absolute atomic E-state index is 0.0940. The van der Waals surface area contributed by atoms with Crippen LogP contribution >= 0.6 is 0 Å². The summed E-state index contributed by atoms with van der Waals surface area (Å²) < 4.78 is 1.63. The minimum Gasteiger partial charge on any atom is -0.348 e. The lowest BCUT2D eigenvalue weighted by molar-refractivity contribution is 0.0950. The van der Waals surface area contributed by atoms with Gasteiger partial charge in [0.05, 0.1) is 17.5 Å². The van der Waals surface area contributed by atoms with E-state index in [1.54, 1.807) is 10.7 Å². The summed E-state index contributed by atoms with van der Waals surface area (Å²) in [5.74, 6) is -0.123. The Bertz CT molecular complexity index is 973. The fourth-order valence-corrected chi connectivity index (χ4v) is 3.15. The molecule has 1 aliphatic carbocycles. The number of hydrogen-bond acceptors (Lipinski definition) is 4. The van der Waals surface area contributed by atoms with Gasteiger partial charge in [0.2, 0.25) is 0 Å². The Kier molecular flexibility index (Phi) is 3.80. The first-order valence-electron chi connectivity index (χ1n) is 8.36. The van der Waals surface area contributed by atoms with Gasteiger partial charge in [-0.15, -0.1) is 0 Å². The Balaban J connectivity index is 1.60. The SMILES string of the molecule is Cc1ccc(CNC(=O)c2cnn3c4c(cnc23)C(=O)CCC4)cc1. The van der Waals surface area contributed by atoms with Crippen molar-refractivity contribution in [2.45, 2.75) is 32.7 Å². The molecule has 6 heteroatoms. The highest BCUT2D eigenvalue weighted by molar-refractivity contribution is 6.01. The highest BCUT2D eigenvalue weighted by Gasteiger charge is 2.23. The maximum atomic E-state index is 12.5. The normalized spacial score (nSPS) is 13.7. The maximum absolute atomic E-state index is 12.5. The van der Waals surface area contributed by atoms with E-state index in [1.165, 1.54) is 11.8 Å². The number of amides is 1. The van der Waals surface area contributed by atoms with Gasteiger partial charge in [-0.2, -0.15) is 5.10 Å². The molecule has 0 unspecified atom stereocenters. The van der Waals surface area contributed by atoms with Crippen LogP contribution in [0, 0.1) is 6.92 Å². The molecule has 0 spiro atoms. The molecule has 0 atom stereocenters. The highest BCUT2D eigenvalue weighted by Crippen LogP contribution is 2.22. The number of aromatic nitrogens is 3. The van der Waals surface area contributed by atoms with Gasteiger partial charge in [-0.05, 0) is 25.3 Å². The summed E-state index contributed by atoms with van der Waals surface area (Å²) in [6.07, 6.45) is 5.22. The number of nitrogens with zero attached hydrogens (tertiary/aromatic N) is 3. The van der Waals surface area contributed by atoms with Gasteiger partial charge in [0.1, 0.15) is 5.56 Å². The van der Waals surface area contributed by atoms with Crippen LogP contribution in [0.15, 0.2) is 36.7 Å². The molecule has 126 valence electrons. The Hall–Kier alpha value is -3.02. The molecule has 4 rings (SSSR count). The standard InChI is InChI=1S/C19H18N4O2/c1-12-5-7-13(8-6-12)9-21-19(25)15-11-22-23-16-3-2-4-17(24)14(16)10-20-18(15)23/h5-8,10-11H,2-4,9H2,1H3,(H,21,25). The fraction of sp³-hybridized carbons (Fsp3) is 0.263. The van der Waals surface area contributed by atoms with Gasteiger partial charge in [-0.25, -0.2) is 9.50 Å². The average Bonchev–Trinajstić information content (AvgIpc) is 3.06. The summed E-state index contributed by atoms with van der Waals surface area (Å²) in [6, 6.07) is 8.02. The van der Waals surface area contributed by atoms with Crippen LogP contribution in [0.1, 0.15) is 50.4 Å². The van der Waals surface area contributed by atoms with Crippen LogP contribution in [0.25, 0.3) is 5.65 Å². The summed E-state index contributed by atoms with van der Waals surface area (Å²) in [5, 5.41) is 7.20. The van der Waals surface area contributed by atoms with E-state index in [0.29, 0.717) is 29.7 Å². The first-order chi connectivity index (χ1) is 12.1. The Morgan fingerprint density at radius 1 is 1.20 bits per heavy atom. The zero-order chi connectivity index (χ0) is 17.4. The number of ketones is 1. The lowest BCUT2D eigenvalue weighted by atomic mass is 9.96. The molecule has 1 aromatic carbocycles. The molecular weight excluding hydrogens is 316 g/mol. The van der Waals surface area contributed by atoms with Crippen LogP contribution in [-0.4, -0.2) is 26.3 Å². The lowest BCUT2D eigenvalue weighted by Crippen LogP contribution is -2.23. The molecule has 1 N–H and O–H groups in total. The summed E-state index contributed by atoms with van der Waals surface area (Å²) in [7, 11) is 0. The summed E-state index contributed by atoms with van der Waals surface area (Å²) in [6.45, 7) is 2.47. The number of carbonyl (C=O) groups excluding carboxylic acids is 2. The van der Waals surface area contributed by atoms with E-state index in [4.69, 9.17) is 0 Å². The largest absolute Gasteiger partial charge is 0.348 e. The first-order valence-corrected chi connectivity index (χ1v) is 8.36. The van der Waals surface area contributed by atoms with Crippen molar-refractivity contribution in [3.8, 4) is 0 Å². The van der Waals surface area contributed by atoms with Crippen molar-refractivity contribution < 1.29 is 9.59 Å². The zero-order valence-electron chi connectivity index (χ0n) is 14.0. The maximum Gasteiger partial charge on any atom is 0.257 e. The minimum atomic E-state index is -0.217. The van der Waals surface area contributed by atoms with Crippen LogP contribution in [0.2, 0.25) is 0 Å². The molecular formula is C19H18N4O2. The van der Waals surface area contributed by atoms with Gasteiger partial charge in [0.15, 0.2) is 11.4 Å². The zero-order valence-corrected chi connectivity index (χ0v) is 14.0. The van der Waals surface area contributed by atoms with Gasteiger partial charge in [-0.1, -0.05) is 29.8 Å². The Morgan fingerprint density at radius 2 is 2.00 bits per heavy atom. The third kappa shape index (κ3) is 2.80. The van der Waals surface area contributed by atoms with E-state index in [0.717, 1.165) is 24.1 Å². The third-order valence-corrected chi connectivity index (χ3v) is 4.56. The monoisotopic (exact) mass is 334 g/mol. The molecule has 3 aromatic rings. The van der Waals surface area contributed by atoms with Gasteiger partial charge in [0.25, 0.3) is 5.91 Å². The topological polar surface area (TPSA) is 76.4 Å². The smallest absolute Gasteiger partial charge is 0.257 e. The van der Waals surface area contributed by atoms with Crippen molar-refractivity contribution in [2.24, 2.45) is 0 Å². The number of benzene rings is 1. The second kappa shape index (κ2) is 6.12. The second-order valence-electron chi connectivity index (χ2n) is 6.36. The van der Waals surface area contributed by atoms with Crippen LogP contribution in [-0.2, 0) is 13.0 Å². The molecule has 0 radical (unpaired) electrons. The van der Waals surface area contributed by atoms with Crippen molar-refractivity contribution in [1.82, 2.24) is 19.9 Å². The summed E-state index contributed by atoms with van der Waals surface area (Å²) in [4.78, 5) is 28.8. The van der Waals surface area contributed by atoms with Crippen molar-refractivity contribution in [3.05, 3.63) is 64.6 Å². The van der Waals surface area contributed by atoms with E-state index < -0.39 is 0 Å². The van der Waals surface area contributed by atoms with Crippen LogP contribution in [0.3, 0.4) is 0 Å². The third-order valence-electron chi connectivity index (χ3n) is 4.56. The molecule has 1 amide bonds. The number of hydrogen-bond donors (Lipinski definition) is 1. The molecule has 2 heterocycles. The molecule has 2 aromatic heterocycles. The van der Waals surface area contributed by atoms with E-state index in [9.17, 15) is 9.59 Å². The van der Waals surface area contributed by atoms with Gasteiger partial charge in [0, 0.05) is 19.2 Å². The number of rotatable bonds is 3. The van der Waals surface area contributed by atoms with Gasteiger partial charge in [-0.3, -0.25) is 9.59 Å². The van der Waals surface area contributed by atoms with E-state index in [2.05, 4.69) is 15.4 Å². The number of Topliss-reactive ketones (excluding diaryl/α,β-unsaturated/α-hetero) is 1. The molecule has 0 bridgehead atoms. The van der Waals surface area contributed by atoms with E-state index in [-0.39, 0.29) is 11.7 Å². The van der Waals surface area contributed by atoms with Crippen LogP contribution in [0.5, 0.6) is 0 Å². The van der Waals surface area contributed by atoms with Crippen molar-refractivity contribution in [2.75, 3.05) is 0 Å². The number of nitrogens with one attached hydrogen (secondary N) is 1. The van der Waals surface area contributed by atoms with Crippen LogP contribution < -0.4 is 5.32 Å². The van der Waals surface area contributed by atoms with Gasteiger partial charge < -0.3 is 5.32 Å². The lowest BCUT2D eigenvalue weighted by Gasteiger charge is -2.14. The quantitative estimate of drug-likeness (QED) is 0.798.